The molecule has 33 heavy (non-hydrogen) atoms. The molecule has 1 aromatic rings. The first-order chi connectivity index (χ1) is 15.8. The molecule has 0 bridgehead atoms. The second-order valence-corrected chi connectivity index (χ2v) is 8.58. The van der Waals surface area contributed by atoms with Crippen molar-refractivity contribution in [3.05, 3.63) is 24.2 Å². The number of nitrogens with one attached hydrogen (secondary N) is 1. The van der Waals surface area contributed by atoms with Crippen LogP contribution in [0.3, 0.4) is 0 Å². The van der Waals surface area contributed by atoms with E-state index in [4.69, 9.17) is 18.9 Å². The Labute approximate surface area is 213 Å². The van der Waals surface area contributed by atoms with Crippen LogP contribution in [0, 0.1) is 0 Å². The topological polar surface area (TPSA) is 82.8 Å². The fourth-order valence-corrected chi connectivity index (χ4v) is 4.44. The number of ether oxygens (including phenoxy) is 2. The van der Waals surface area contributed by atoms with Crippen LogP contribution in [-0.4, -0.2) is 111 Å². The zero-order valence-electron chi connectivity index (χ0n) is 19.5. The van der Waals surface area contributed by atoms with E-state index in [2.05, 4.69) is 15.1 Å². The van der Waals surface area contributed by atoms with Gasteiger partial charge in [-0.05, 0) is 31.4 Å². The zero-order chi connectivity index (χ0) is 22.0. The first kappa shape index (κ1) is 26.2. The van der Waals surface area contributed by atoms with Gasteiger partial charge in [-0.3, -0.25) is 14.7 Å². The molecule has 1 amide bonds. The summed E-state index contributed by atoms with van der Waals surface area (Å²) in [5, 5.41) is 3.52. The van der Waals surface area contributed by atoms with E-state index in [0.717, 1.165) is 96.4 Å². The summed E-state index contributed by atoms with van der Waals surface area (Å²) in [4.78, 5) is 24.2. The van der Waals surface area contributed by atoms with Gasteiger partial charge < -0.3 is 29.0 Å². The van der Waals surface area contributed by atoms with Gasteiger partial charge >= 0.3 is 0 Å². The number of morpholine rings is 1. The van der Waals surface area contributed by atoms with Crippen molar-refractivity contribution in [2.24, 2.45) is 4.99 Å². The number of rotatable bonds is 8. The number of hydrogen-bond acceptors (Lipinski definition) is 6. The van der Waals surface area contributed by atoms with Crippen LogP contribution < -0.4 is 5.32 Å². The van der Waals surface area contributed by atoms with Crippen molar-refractivity contribution in [1.82, 2.24) is 20.0 Å². The van der Waals surface area contributed by atoms with Gasteiger partial charge in [0.2, 0.25) is 0 Å². The number of piperazine rings is 1. The van der Waals surface area contributed by atoms with Gasteiger partial charge in [-0.2, -0.15) is 0 Å². The van der Waals surface area contributed by atoms with Crippen LogP contribution in [0.25, 0.3) is 0 Å². The predicted octanol–water partition coefficient (Wildman–Crippen LogP) is 1.43. The quantitative estimate of drug-likeness (QED) is 0.218. The summed E-state index contributed by atoms with van der Waals surface area (Å²) in [5.74, 6) is 2.05. The van der Waals surface area contributed by atoms with Crippen molar-refractivity contribution in [1.29, 1.82) is 0 Å². The largest absolute Gasteiger partial charge is 0.469 e. The minimum atomic E-state index is -0.235. The highest BCUT2D eigenvalue weighted by atomic mass is 127. The lowest BCUT2D eigenvalue weighted by Crippen LogP contribution is -2.55. The van der Waals surface area contributed by atoms with Crippen molar-refractivity contribution in [2.75, 3.05) is 78.7 Å². The third kappa shape index (κ3) is 8.11. The maximum Gasteiger partial charge on any atom is 0.251 e. The van der Waals surface area contributed by atoms with Gasteiger partial charge in [-0.1, -0.05) is 0 Å². The SMILES string of the molecule is I.O=C(C1CCCO1)N1CCN(C(=NCCCN2CCOCC2)NCCc2ccco2)CC1. The molecular formula is C23H38IN5O4. The van der Waals surface area contributed by atoms with E-state index in [-0.39, 0.29) is 36.0 Å². The van der Waals surface area contributed by atoms with E-state index >= 15 is 0 Å². The second-order valence-electron chi connectivity index (χ2n) is 8.58. The van der Waals surface area contributed by atoms with Gasteiger partial charge in [0.05, 0.1) is 19.5 Å². The molecule has 9 nitrogen and oxygen atoms in total. The van der Waals surface area contributed by atoms with Gasteiger partial charge in [0.1, 0.15) is 11.9 Å². The Kier molecular flexibility index (Phi) is 11.2. The third-order valence-corrected chi connectivity index (χ3v) is 6.33. The number of nitrogens with zero attached hydrogens (tertiary/aromatic N) is 4. The van der Waals surface area contributed by atoms with Crippen LogP contribution in [-0.2, 0) is 20.7 Å². The minimum Gasteiger partial charge on any atom is -0.469 e. The van der Waals surface area contributed by atoms with Crippen molar-refractivity contribution < 1.29 is 18.7 Å². The number of hydrogen-bond donors (Lipinski definition) is 1. The Bertz CT molecular complexity index is 712. The molecule has 3 saturated heterocycles. The highest BCUT2D eigenvalue weighted by Gasteiger charge is 2.31. The smallest absolute Gasteiger partial charge is 0.251 e. The number of aliphatic imine (C=N–C) groups is 1. The van der Waals surface area contributed by atoms with Crippen LogP contribution in [0.15, 0.2) is 27.8 Å². The van der Waals surface area contributed by atoms with Gasteiger partial charge in [-0.15, -0.1) is 24.0 Å². The lowest BCUT2D eigenvalue weighted by Gasteiger charge is -2.37. The first-order valence-electron chi connectivity index (χ1n) is 12.1. The summed E-state index contributed by atoms with van der Waals surface area (Å²) in [6.07, 6.45) is 5.15. The Morgan fingerprint density at radius 2 is 1.88 bits per heavy atom. The lowest BCUT2D eigenvalue weighted by atomic mass is 10.2. The van der Waals surface area contributed by atoms with E-state index in [9.17, 15) is 4.79 Å². The van der Waals surface area contributed by atoms with Gasteiger partial charge in [0.15, 0.2) is 5.96 Å². The van der Waals surface area contributed by atoms with Crippen LogP contribution in [0.4, 0.5) is 0 Å². The fourth-order valence-electron chi connectivity index (χ4n) is 4.44. The molecular weight excluding hydrogens is 537 g/mol. The summed E-state index contributed by atoms with van der Waals surface area (Å²) in [7, 11) is 0. The number of halogens is 1. The number of carbonyl (C=O) groups is 1. The Balaban J connectivity index is 0.00000306. The minimum absolute atomic E-state index is 0. The highest BCUT2D eigenvalue weighted by Crippen LogP contribution is 2.16. The maximum atomic E-state index is 12.7. The normalized spacial score (nSPS) is 22.3. The van der Waals surface area contributed by atoms with Crippen molar-refractivity contribution in [2.45, 2.75) is 31.8 Å². The maximum absolute atomic E-state index is 12.7. The van der Waals surface area contributed by atoms with E-state index in [0.29, 0.717) is 19.7 Å². The van der Waals surface area contributed by atoms with Crippen LogP contribution in [0.5, 0.6) is 0 Å². The molecule has 1 atom stereocenters. The Hall–Kier alpha value is -1.37. The summed E-state index contributed by atoms with van der Waals surface area (Å²) in [5.41, 5.74) is 0. The second kappa shape index (κ2) is 14.1. The molecule has 0 saturated carbocycles. The van der Waals surface area contributed by atoms with Crippen molar-refractivity contribution in [3.8, 4) is 0 Å². The summed E-state index contributed by atoms with van der Waals surface area (Å²) in [6.45, 7) is 10.0. The number of furan rings is 1. The van der Waals surface area contributed by atoms with Crippen LogP contribution >= 0.6 is 24.0 Å². The molecule has 1 unspecified atom stereocenters. The molecule has 3 fully saturated rings. The molecule has 0 spiro atoms. The molecule has 4 rings (SSSR count). The van der Waals surface area contributed by atoms with Crippen LogP contribution in [0.1, 0.15) is 25.0 Å². The van der Waals surface area contributed by atoms with E-state index < -0.39 is 0 Å². The molecule has 0 aliphatic carbocycles. The predicted molar refractivity (Wildman–Crippen MR) is 137 cm³/mol. The highest BCUT2D eigenvalue weighted by molar-refractivity contribution is 14.0. The molecule has 1 aromatic heterocycles. The van der Waals surface area contributed by atoms with E-state index in [1.165, 1.54) is 0 Å². The zero-order valence-corrected chi connectivity index (χ0v) is 21.8. The first-order valence-corrected chi connectivity index (χ1v) is 12.1. The number of guanidine groups is 1. The molecule has 0 aromatic carbocycles. The third-order valence-electron chi connectivity index (χ3n) is 6.33. The average molecular weight is 575 g/mol. The Morgan fingerprint density at radius 3 is 2.58 bits per heavy atom. The van der Waals surface area contributed by atoms with Gasteiger partial charge in [0, 0.05) is 71.9 Å². The molecule has 3 aliphatic rings. The molecule has 10 heteroatoms. The molecule has 186 valence electrons. The van der Waals surface area contributed by atoms with Crippen molar-refractivity contribution >= 4 is 35.8 Å². The average Bonchev–Trinajstić information content (AvgIpc) is 3.56. The summed E-state index contributed by atoms with van der Waals surface area (Å²) in [6, 6.07) is 3.91. The number of amides is 1. The van der Waals surface area contributed by atoms with Crippen LogP contribution in [0.2, 0.25) is 0 Å². The summed E-state index contributed by atoms with van der Waals surface area (Å²) < 4.78 is 16.5. The summed E-state index contributed by atoms with van der Waals surface area (Å²) >= 11 is 0. The van der Waals surface area contributed by atoms with Gasteiger partial charge in [-0.25, -0.2) is 0 Å². The molecule has 4 heterocycles. The monoisotopic (exact) mass is 575 g/mol. The lowest BCUT2D eigenvalue weighted by molar-refractivity contribution is -0.142. The Morgan fingerprint density at radius 1 is 1.09 bits per heavy atom. The molecule has 3 aliphatic heterocycles. The fraction of sp³-hybridized carbons (Fsp3) is 0.739. The standard InChI is InChI=1S/C23H37N5O4.HI/c29-22(21-5-2-17-32-21)27-10-12-28(13-11-27)23(25-8-6-20-4-1-16-31-20)24-7-3-9-26-14-18-30-19-15-26;/h1,4,16,21H,2-3,5-15,17-19H2,(H,24,25);1H. The molecule has 1 N–H and O–H groups in total. The van der Waals surface area contributed by atoms with Gasteiger partial charge in [0.25, 0.3) is 5.91 Å². The number of carbonyl (C=O) groups excluding carboxylic acids is 1. The van der Waals surface area contributed by atoms with E-state index in [1.807, 2.05) is 17.0 Å². The van der Waals surface area contributed by atoms with E-state index in [1.54, 1.807) is 6.26 Å². The van der Waals surface area contributed by atoms with Crippen molar-refractivity contribution in [3.63, 3.8) is 0 Å². The molecule has 0 radical (unpaired) electrons.